The highest BCUT2D eigenvalue weighted by Crippen LogP contribution is 2.40. The van der Waals surface area contributed by atoms with Crippen molar-refractivity contribution in [2.75, 3.05) is 6.26 Å². The molecule has 0 aromatic carbocycles. The lowest BCUT2D eigenvalue weighted by molar-refractivity contribution is 0.576. The van der Waals surface area contributed by atoms with Crippen molar-refractivity contribution in [1.82, 2.24) is 9.78 Å². The van der Waals surface area contributed by atoms with Crippen LogP contribution in [0.15, 0.2) is 6.07 Å². The van der Waals surface area contributed by atoms with Gasteiger partial charge in [-0.2, -0.15) is 5.10 Å². The summed E-state index contributed by atoms with van der Waals surface area (Å²) in [7, 11) is -3.05. The van der Waals surface area contributed by atoms with Gasteiger partial charge < -0.3 is 0 Å². The molecular weight excluding hydrogens is 224 g/mol. The molecule has 14 heavy (non-hydrogen) atoms. The maximum absolute atomic E-state index is 11.1. The lowest BCUT2D eigenvalue weighted by Crippen LogP contribution is -2.12. The first-order valence-electron chi connectivity index (χ1n) is 4.37. The average molecular weight is 235 g/mol. The standard InChI is InChI=1S/C8H11ClN2O2S/c1-14(12,13)5-11-7(6-2-3-6)4-8(9)10-11/h4,6H,2-3,5H2,1H3. The second-order valence-corrected chi connectivity index (χ2v) is 6.22. The van der Waals surface area contributed by atoms with Crippen molar-refractivity contribution in [3.63, 3.8) is 0 Å². The molecule has 1 saturated carbocycles. The second kappa shape index (κ2) is 3.24. The fourth-order valence-corrected chi connectivity index (χ4v) is 2.29. The van der Waals surface area contributed by atoms with Crippen LogP contribution in [0.3, 0.4) is 0 Å². The van der Waals surface area contributed by atoms with Crippen LogP contribution in [-0.4, -0.2) is 24.5 Å². The van der Waals surface area contributed by atoms with Crippen molar-refractivity contribution in [1.29, 1.82) is 0 Å². The van der Waals surface area contributed by atoms with Crippen molar-refractivity contribution in [3.05, 3.63) is 16.9 Å². The summed E-state index contributed by atoms with van der Waals surface area (Å²) in [4.78, 5) is 0. The van der Waals surface area contributed by atoms with Crippen molar-refractivity contribution in [2.24, 2.45) is 0 Å². The molecule has 0 amide bonds. The van der Waals surface area contributed by atoms with Gasteiger partial charge in [0.25, 0.3) is 0 Å². The summed E-state index contributed by atoms with van der Waals surface area (Å²) in [5.41, 5.74) is 0.945. The fourth-order valence-electron chi connectivity index (χ4n) is 1.43. The molecule has 1 aromatic heterocycles. The Labute approximate surface area is 87.8 Å². The molecule has 0 N–H and O–H groups in total. The van der Waals surface area contributed by atoms with Gasteiger partial charge in [0.2, 0.25) is 0 Å². The molecule has 0 spiro atoms. The third-order valence-electron chi connectivity index (χ3n) is 2.13. The van der Waals surface area contributed by atoms with Crippen LogP contribution in [-0.2, 0) is 15.7 Å². The molecule has 1 aromatic rings. The van der Waals surface area contributed by atoms with E-state index in [2.05, 4.69) is 5.10 Å². The molecule has 1 aliphatic carbocycles. The van der Waals surface area contributed by atoms with Gasteiger partial charge in [-0.25, -0.2) is 8.42 Å². The summed E-state index contributed by atoms with van der Waals surface area (Å²) in [6, 6.07) is 1.75. The highest BCUT2D eigenvalue weighted by atomic mass is 35.5. The zero-order valence-electron chi connectivity index (χ0n) is 7.77. The van der Waals surface area contributed by atoms with E-state index in [0.29, 0.717) is 11.1 Å². The van der Waals surface area contributed by atoms with Crippen molar-refractivity contribution in [3.8, 4) is 0 Å². The van der Waals surface area contributed by atoms with E-state index >= 15 is 0 Å². The van der Waals surface area contributed by atoms with Crippen LogP contribution in [0, 0.1) is 0 Å². The quantitative estimate of drug-likeness (QED) is 0.795. The van der Waals surface area contributed by atoms with E-state index in [-0.39, 0.29) is 5.88 Å². The highest BCUT2D eigenvalue weighted by Gasteiger charge is 2.28. The lowest BCUT2D eigenvalue weighted by Gasteiger charge is -2.03. The smallest absolute Gasteiger partial charge is 0.167 e. The first-order valence-corrected chi connectivity index (χ1v) is 6.80. The summed E-state index contributed by atoms with van der Waals surface area (Å²) < 4.78 is 23.7. The monoisotopic (exact) mass is 234 g/mol. The summed E-state index contributed by atoms with van der Waals surface area (Å²) >= 11 is 5.74. The minimum Gasteiger partial charge on any atom is -0.253 e. The molecule has 0 radical (unpaired) electrons. The van der Waals surface area contributed by atoms with Gasteiger partial charge in [-0.15, -0.1) is 0 Å². The zero-order chi connectivity index (χ0) is 10.3. The number of halogens is 1. The van der Waals surface area contributed by atoms with Gasteiger partial charge in [0, 0.05) is 17.9 Å². The van der Waals surface area contributed by atoms with E-state index in [4.69, 9.17) is 11.6 Å². The Morgan fingerprint density at radius 2 is 2.29 bits per heavy atom. The van der Waals surface area contributed by atoms with Crippen molar-refractivity contribution in [2.45, 2.75) is 24.6 Å². The molecule has 0 unspecified atom stereocenters. The Bertz CT molecular complexity index is 448. The van der Waals surface area contributed by atoms with Gasteiger partial charge in [-0.3, -0.25) is 4.68 Å². The van der Waals surface area contributed by atoms with E-state index in [1.165, 1.54) is 10.9 Å². The van der Waals surface area contributed by atoms with Crippen LogP contribution in [0.2, 0.25) is 5.15 Å². The average Bonchev–Trinajstić information content (AvgIpc) is 2.75. The van der Waals surface area contributed by atoms with Crippen LogP contribution in [0.25, 0.3) is 0 Å². The van der Waals surface area contributed by atoms with Gasteiger partial charge >= 0.3 is 0 Å². The molecule has 0 aliphatic heterocycles. The predicted molar refractivity (Wildman–Crippen MR) is 54.1 cm³/mol. The molecule has 0 saturated heterocycles. The zero-order valence-corrected chi connectivity index (χ0v) is 9.35. The molecule has 1 heterocycles. The van der Waals surface area contributed by atoms with Gasteiger partial charge in [-0.1, -0.05) is 11.6 Å². The minimum absolute atomic E-state index is 0.0778. The van der Waals surface area contributed by atoms with E-state index in [0.717, 1.165) is 18.5 Å². The molecule has 1 aliphatic rings. The van der Waals surface area contributed by atoms with Crippen LogP contribution in [0.4, 0.5) is 0 Å². The van der Waals surface area contributed by atoms with Crippen LogP contribution >= 0.6 is 11.6 Å². The van der Waals surface area contributed by atoms with E-state index in [1.807, 2.05) is 0 Å². The van der Waals surface area contributed by atoms with Gasteiger partial charge in [0.15, 0.2) is 15.0 Å². The summed E-state index contributed by atoms with van der Waals surface area (Å²) in [6.07, 6.45) is 3.40. The molecule has 2 rings (SSSR count). The van der Waals surface area contributed by atoms with Gasteiger partial charge in [-0.05, 0) is 18.9 Å². The molecule has 1 fully saturated rings. The SMILES string of the molecule is CS(=O)(=O)Cn1nc(Cl)cc1C1CC1. The fraction of sp³-hybridized carbons (Fsp3) is 0.625. The molecule has 0 atom stereocenters. The largest absolute Gasteiger partial charge is 0.253 e. The predicted octanol–water partition coefficient (Wildman–Crippen LogP) is 1.42. The Balaban J connectivity index is 2.31. The number of sulfone groups is 1. The molecule has 0 bridgehead atoms. The molecule has 6 heteroatoms. The molecule has 78 valence electrons. The number of hydrogen-bond donors (Lipinski definition) is 0. The second-order valence-electron chi connectivity index (χ2n) is 3.72. The number of hydrogen-bond acceptors (Lipinski definition) is 3. The van der Waals surface area contributed by atoms with Crippen molar-refractivity contribution >= 4 is 21.4 Å². The maximum atomic E-state index is 11.1. The number of aromatic nitrogens is 2. The van der Waals surface area contributed by atoms with Crippen molar-refractivity contribution < 1.29 is 8.42 Å². The first-order chi connectivity index (χ1) is 6.46. The third kappa shape index (κ3) is 2.27. The normalized spacial score (nSPS) is 17.3. The van der Waals surface area contributed by atoms with Gasteiger partial charge in [0.05, 0.1) is 0 Å². The summed E-state index contributed by atoms with van der Waals surface area (Å²) in [5.74, 6) is 0.377. The third-order valence-corrected chi connectivity index (χ3v) is 3.03. The van der Waals surface area contributed by atoms with E-state index < -0.39 is 9.84 Å². The first kappa shape index (κ1) is 9.98. The molecule has 4 nitrogen and oxygen atoms in total. The Morgan fingerprint density at radius 1 is 1.64 bits per heavy atom. The number of nitrogens with zero attached hydrogens (tertiary/aromatic N) is 2. The minimum atomic E-state index is -3.05. The van der Waals surface area contributed by atoms with Crippen LogP contribution < -0.4 is 0 Å². The Morgan fingerprint density at radius 3 is 2.79 bits per heavy atom. The molecular formula is C8H11ClN2O2S. The summed E-state index contributed by atoms with van der Waals surface area (Å²) in [5, 5.41) is 4.33. The highest BCUT2D eigenvalue weighted by molar-refractivity contribution is 7.89. The van der Waals surface area contributed by atoms with E-state index in [9.17, 15) is 8.42 Å². The lowest BCUT2D eigenvalue weighted by atomic mass is 10.3. The van der Waals surface area contributed by atoms with Crippen LogP contribution in [0.5, 0.6) is 0 Å². The van der Waals surface area contributed by atoms with Crippen LogP contribution in [0.1, 0.15) is 24.5 Å². The number of rotatable bonds is 3. The topological polar surface area (TPSA) is 52.0 Å². The van der Waals surface area contributed by atoms with Gasteiger partial charge in [0.1, 0.15) is 5.88 Å². The van der Waals surface area contributed by atoms with E-state index in [1.54, 1.807) is 6.07 Å². The Kier molecular flexibility index (Phi) is 2.31. The summed E-state index contributed by atoms with van der Waals surface area (Å²) in [6.45, 7) is 0. The Hall–Kier alpha value is -0.550. The maximum Gasteiger partial charge on any atom is 0.167 e.